The summed E-state index contributed by atoms with van der Waals surface area (Å²) >= 11 is 0. The number of hydrogen-bond donors (Lipinski definition) is 0. The molecule has 4 heteroatoms. The minimum absolute atomic E-state index is 0.275. The Hall–Kier alpha value is -2.36. The fourth-order valence-corrected chi connectivity index (χ4v) is 2.99. The highest BCUT2D eigenvalue weighted by molar-refractivity contribution is 6.02. The molecule has 0 saturated heterocycles. The first kappa shape index (κ1) is 18.0. The van der Waals surface area contributed by atoms with Crippen molar-refractivity contribution >= 4 is 22.7 Å². The largest absolute Gasteiger partial charge is 0.462 e. The van der Waals surface area contributed by atoms with Crippen LogP contribution in [0.2, 0.25) is 0 Å². The maximum Gasteiger partial charge on any atom is 0.338 e. The van der Waals surface area contributed by atoms with Gasteiger partial charge in [-0.05, 0) is 60.7 Å². The topological polar surface area (TPSA) is 52.6 Å². The molecule has 0 aliphatic carbocycles. The van der Waals surface area contributed by atoms with E-state index in [1.165, 1.54) is 0 Å². The lowest BCUT2D eigenvalue weighted by Gasteiger charge is -2.16. The first-order chi connectivity index (χ1) is 11.6. The molecule has 0 aromatic heterocycles. The number of carbonyl (C=O) groups excluding carboxylic acids is 2. The first-order valence-corrected chi connectivity index (χ1v) is 8.49. The average Bonchev–Trinajstić information content (AvgIpc) is 2.59. The normalized spacial score (nSPS) is 10.7. The van der Waals surface area contributed by atoms with E-state index >= 15 is 0 Å². The fourth-order valence-electron chi connectivity index (χ4n) is 2.99. The third-order valence-electron chi connectivity index (χ3n) is 4.05. The van der Waals surface area contributed by atoms with Crippen molar-refractivity contribution in [3.8, 4) is 0 Å². The molecule has 0 N–H and O–H groups in total. The van der Waals surface area contributed by atoms with E-state index in [0.29, 0.717) is 24.3 Å². The van der Waals surface area contributed by atoms with E-state index < -0.39 is 0 Å². The van der Waals surface area contributed by atoms with Crippen molar-refractivity contribution in [1.29, 1.82) is 0 Å². The third-order valence-corrected chi connectivity index (χ3v) is 4.05. The summed E-state index contributed by atoms with van der Waals surface area (Å²) in [4.78, 5) is 24.4. The van der Waals surface area contributed by atoms with Gasteiger partial charge < -0.3 is 9.47 Å². The van der Waals surface area contributed by atoms with Gasteiger partial charge in [-0.25, -0.2) is 9.59 Å². The van der Waals surface area contributed by atoms with Gasteiger partial charge in [-0.1, -0.05) is 26.0 Å². The van der Waals surface area contributed by atoms with Crippen LogP contribution in [0, 0.1) is 0 Å². The number of fused-ring (bicyclic) bond motifs is 1. The van der Waals surface area contributed by atoms with Gasteiger partial charge in [0.2, 0.25) is 0 Å². The molecule has 24 heavy (non-hydrogen) atoms. The molecule has 0 heterocycles. The number of benzene rings is 2. The summed E-state index contributed by atoms with van der Waals surface area (Å²) in [5, 5.41) is 1.92. The lowest BCUT2D eigenvalue weighted by molar-refractivity contribution is 0.0515. The summed E-state index contributed by atoms with van der Waals surface area (Å²) in [7, 11) is 0. The molecule has 0 radical (unpaired) electrons. The molecule has 0 fully saturated rings. The van der Waals surface area contributed by atoms with Crippen molar-refractivity contribution in [2.75, 3.05) is 13.2 Å². The molecule has 4 nitrogen and oxygen atoms in total. The highest BCUT2D eigenvalue weighted by Gasteiger charge is 2.19. The van der Waals surface area contributed by atoms with E-state index in [1.54, 1.807) is 13.0 Å². The highest BCUT2D eigenvalue weighted by atomic mass is 16.5. The molecule has 128 valence electrons. The van der Waals surface area contributed by atoms with Crippen LogP contribution in [0.15, 0.2) is 24.3 Å². The fraction of sp³-hybridized carbons (Fsp3) is 0.400. The molecule has 2 rings (SSSR count). The minimum atomic E-state index is -0.329. The van der Waals surface area contributed by atoms with E-state index in [1.807, 2.05) is 39.0 Å². The van der Waals surface area contributed by atoms with Gasteiger partial charge in [0.15, 0.2) is 0 Å². The zero-order valence-corrected chi connectivity index (χ0v) is 14.8. The molecule has 0 unspecified atom stereocenters. The molecule has 0 amide bonds. The Bertz CT molecular complexity index is 762. The van der Waals surface area contributed by atoms with Crippen molar-refractivity contribution in [3.05, 3.63) is 46.5 Å². The van der Waals surface area contributed by atoms with E-state index in [0.717, 1.165) is 34.7 Å². The first-order valence-electron chi connectivity index (χ1n) is 8.49. The second-order valence-electron chi connectivity index (χ2n) is 5.47. The maximum absolute atomic E-state index is 12.4. The van der Waals surface area contributed by atoms with Gasteiger partial charge in [0, 0.05) is 0 Å². The van der Waals surface area contributed by atoms with E-state index in [9.17, 15) is 9.59 Å². The summed E-state index contributed by atoms with van der Waals surface area (Å²) in [6, 6.07) is 7.45. The van der Waals surface area contributed by atoms with Crippen LogP contribution >= 0.6 is 0 Å². The Balaban J connectivity index is 2.67. The quantitative estimate of drug-likeness (QED) is 0.741. The molecule has 0 aliphatic rings. The van der Waals surface area contributed by atoms with Gasteiger partial charge in [0.05, 0.1) is 24.3 Å². The summed E-state index contributed by atoms with van der Waals surface area (Å²) in [5.41, 5.74) is 3.10. The zero-order valence-electron chi connectivity index (χ0n) is 14.8. The summed E-state index contributed by atoms with van der Waals surface area (Å²) in [5.74, 6) is -0.604. The van der Waals surface area contributed by atoms with Crippen LogP contribution in [0.5, 0.6) is 0 Å². The van der Waals surface area contributed by atoms with Gasteiger partial charge >= 0.3 is 11.9 Å². The average molecular weight is 328 g/mol. The van der Waals surface area contributed by atoms with Gasteiger partial charge in [-0.2, -0.15) is 0 Å². The molecule has 0 aliphatic heterocycles. The summed E-state index contributed by atoms with van der Waals surface area (Å²) in [6.45, 7) is 8.33. The van der Waals surface area contributed by atoms with Crippen LogP contribution in [-0.2, 0) is 22.3 Å². The van der Waals surface area contributed by atoms with Gasteiger partial charge in [-0.15, -0.1) is 0 Å². The Morgan fingerprint density at radius 1 is 0.875 bits per heavy atom. The lowest BCUT2D eigenvalue weighted by atomic mass is 9.90. The second kappa shape index (κ2) is 7.95. The van der Waals surface area contributed by atoms with Gasteiger partial charge in [0.25, 0.3) is 0 Å². The Morgan fingerprint density at radius 3 is 2.12 bits per heavy atom. The molecular weight excluding hydrogens is 304 g/mol. The third kappa shape index (κ3) is 3.42. The molecule has 0 bridgehead atoms. The number of carbonyl (C=O) groups is 2. The highest BCUT2D eigenvalue weighted by Crippen LogP contribution is 2.29. The Kier molecular flexibility index (Phi) is 5.96. The van der Waals surface area contributed by atoms with E-state index in [4.69, 9.17) is 9.47 Å². The van der Waals surface area contributed by atoms with Crippen molar-refractivity contribution in [3.63, 3.8) is 0 Å². The Labute approximate surface area is 142 Å². The van der Waals surface area contributed by atoms with Crippen molar-refractivity contribution in [2.24, 2.45) is 0 Å². The second-order valence-corrected chi connectivity index (χ2v) is 5.47. The molecular formula is C20H24O4. The predicted molar refractivity (Wildman–Crippen MR) is 94.6 cm³/mol. The van der Waals surface area contributed by atoms with Crippen LogP contribution in [0.4, 0.5) is 0 Å². The molecule has 2 aromatic rings. The molecule has 0 atom stereocenters. The van der Waals surface area contributed by atoms with Crippen LogP contribution in [0.1, 0.15) is 59.5 Å². The molecule has 0 saturated carbocycles. The van der Waals surface area contributed by atoms with Crippen molar-refractivity contribution < 1.29 is 19.1 Å². The van der Waals surface area contributed by atoms with Crippen LogP contribution in [0.3, 0.4) is 0 Å². The van der Waals surface area contributed by atoms with Crippen LogP contribution in [-0.4, -0.2) is 25.2 Å². The number of esters is 2. The van der Waals surface area contributed by atoms with Crippen LogP contribution in [0.25, 0.3) is 10.8 Å². The Morgan fingerprint density at radius 2 is 1.54 bits per heavy atom. The minimum Gasteiger partial charge on any atom is -0.462 e. The van der Waals surface area contributed by atoms with Crippen LogP contribution < -0.4 is 0 Å². The zero-order chi connectivity index (χ0) is 17.7. The van der Waals surface area contributed by atoms with Crippen molar-refractivity contribution in [1.82, 2.24) is 0 Å². The predicted octanol–water partition coefficient (Wildman–Crippen LogP) is 4.32. The summed E-state index contributed by atoms with van der Waals surface area (Å²) < 4.78 is 10.3. The smallest absolute Gasteiger partial charge is 0.338 e. The maximum atomic E-state index is 12.4. The summed E-state index contributed by atoms with van der Waals surface area (Å²) in [6.07, 6.45) is 1.44. The van der Waals surface area contributed by atoms with E-state index in [2.05, 4.69) is 0 Å². The standard InChI is InChI=1S/C20H24O4/c1-5-13-11-15-12-14(19(21)23-7-3)9-10-17(15)16(6-2)18(13)20(22)24-8-4/h9-12H,5-8H2,1-4H3. The van der Waals surface area contributed by atoms with Crippen molar-refractivity contribution in [2.45, 2.75) is 40.5 Å². The van der Waals surface area contributed by atoms with Gasteiger partial charge in [0.1, 0.15) is 0 Å². The number of ether oxygens (including phenoxy) is 2. The SMILES string of the molecule is CCOC(=O)c1ccc2c(CC)c(C(=O)OCC)c(CC)cc2c1. The number of rotatable bonds is 6. The monoisotopic (exact) mass is 328 g/mol. The number of hydrogen-bond acceptors (Lipinski definition) is 4. The molecule has 2 aromatic carbocycles. The van der Waals surface area contributed by atoms with Gasteiger partial charge in [-0.3, -0.25) is 0 Å². The number of aryl methyl sites for hydroxylation is 2. The molecule has 0 spiro atoms. The lowest BCUT2D eigenvalue weighted by Crippen LogP contribution is -2.12. The van der Waals surface area contributed by atoms with E-state index in [-0.39, 0.29) is 11.9 Å².